The molecule has 7 nitrogen and oxygen atoms in total. The number of halogens is 4. The van der Waals surface area contributed by atoms with Gasteiger partial charge in [0.15, 0.2) is 11.3 Å². The molecule has 0 saturated heterocycles. The van der Waals surface area contributed by atoms with Crippen molar-refractivity contribution < 1.29 is 27.5 Å². The van der Waals surface area contributed by atoms with E-state index in [1.165, 1.54) is 18.3 Å². The van der Waals surface area contributed by atoms with Gasteiger partial charge in [0.2, 0.25) is 0 Å². The second-order valence-electron chi connectivity index (χ2n) is 7.27. The molecular weight excluding hydrogens is 469 g/mol. The zero-order valence-corrected chi connectivity index (χ0v) is 18.7. The summed E-state index contributed by atoms with van der Waals surface area (Å²) in [5.74, 6) is -1.39. The van der Waals surface area contributed by atoms with Crippen LogP contribution in [0.25, 0.3) is 5.65 Å². The molecule has 0 radical (unpaired) electrons. The van der Waals surface area contributed by atoms with Crippen molar-refractivity contribution in [1.82, 2.24) is 14.6 Å². The normalized spacial score (nSPS) is 13.8. The average molecular weight is 487 g/mol. The molecule has 3 aromatic heterocycles. The molecule has 0 aromatic carbocycles. The fourth-order valence-corrected chi connectivity index (χ4v) is 5.21. The zero-order valence-electron chi connectivity index (χ0n) is 17.1. The summed E-state index contributed by atoms with van der Waals surface area (Å²) in [5, 5.41) is 6.36. The Balaban J connectivity index is 1.76. The van der Waals surface area contributed by atoms with Gasteiger partial charge < -0.3 is 10.1 Å². The van der Waals surface area contributed by atoms with Crippen LogP contribution >= 0.6 is 22.9 Å². The van der Waals surface area contributed by atoms with E-state index < -0.39 is 29.4 Å². The molecule has 0 unspecified atom stereocenters. The maximum atomic E-state index is 13.5. The predicted octanol–water partition coefficient (Wildman–Crippen LogP) is 5.08. The van der Waals surface area contributed by atoms with Crippen molar-refractivity contribution in [3.8, 4) is 0 Å². The number of thiophene rings is 1. The number of fused-ring (bicyclic) bond motifs is 2. The lowest BCUT2D eigenvalue weighted by Gasteiger charge is -2.12. The van der Waals surface area contributed by atoms with Gasteiger partial charge in [0, 0.05) is 10.6 Å². The van der Waals surface area contributed by atoms with Crippen molar-refractivity contribution >= 4 is 45.5 Å². The van der Waals surface area contributed by atoms with Crippen LogP contribution in [-0.4, -0.2) is 33.1 Å². The van der Waals surface area contributed by atoms with E-state index >= 15 is 0 Å². The lowest BCUT2D eigenvalue weighted by atomic mass is 9.95. The van der Waals surface area contributed by atoms with Crippen LogP contribution in [0.1, 0.15) is 62.4 Å². The number of amides is 1. The number of aryl methyl sites for hydroxylation is 2. The van der Waals surface area contributed by atoms with E-state index in [-0.39, 0.29) is 33.5 Å². The van der Waals surface area contributed by atoms with Crippen LogP contribution in [-0.2, 0) is 23.8 Å². The Labute approximate surface area is 189 Å². The number of nitrogens with one attached hydrogen (secondary N) is 1. The Morgan fingerprint density at radius 1 is 1.31 bits per heavy atom. The number of ether oxygens (including phenoxy) is 1. The molecular formula is C20H18ClF3N4O3S. The Bertz CT molecular complexity index is 1240. The quantitative estimate of drug-likeness (QED) is 0.520. The fraction of sp³-hybridized carbons (Fsp3) is 0.400. The minimum atomic E-state index is -4.72. The highest BCUT2D eigenvalue weighted by molar-refractivity contribution is 7.17. The van der Waals surface area contributed by atoms with Gasteiger partial charge in [-0.15, -0.1) is 11.3 Å². The molecule has 3 aromatic rings. The largest absolute Gasteiger partial charge is 0.462 e. The highest BCUT2D eigenvalue weighted by atomic mass is 35.5. The molecule has 3 heterocycles. The Kier molecular flexibility index (Phi) is 5.89. The number of esters is 1. The summed E-state index contributed by atoms with van der Waals surface area (Å²) >= 11 is 7.46. The van der Waals surface area contributed by atoms with Crippen LogP contribution in [0.4, 0.5) is 18.2 Å². The molecule has 1 aliphatic carbocycles. The lowest BCUT2D eigenvalue weighted by molar-refractivity contribution is -0.142. The standard InChI is InChI=1S/C20H18ClF3N4O3S/c1-3-31-19(30)13-10-6-4-5-7-11(10)32-18(13)26-17(29)15-14(21)16-25-9(2)8-12(20(22,23)24)28(16)27-15/h8H,3-7H2,1-2H3,(H,26,29). The smallest absolute Gasteiger partial charge is 0.433 e. The van der Waals surface area contributed by atoms with Gasteiger partial charge >= 0.3 is 12.1 Å². The van der Waals surface area contributed by atoms with Gasteiger partial charge in [-0.2, -0.15) is 18.3 Å². The van der Waals surface area contributed by atoms with Crippen molar-refractivity contribution in [1.29, 1.82) is 0 Å². The summed E-state index contributed by atoms with van der Waals surface area (Å²) in [7, 11) is 0. The van der Waals surface area contributed by atoms with Gasteiger partial charge in [0.25, 0.3) is 5.91 Å². The van der Waals surface area contributed by atoms with E-state index in [0.717, 1.165) is 35.8 Å². The van der Waals surface area contributed by atoms with Gasteiger partial charge in [-0.05, 0) is 51.2 Å². The SMILES string of the molecule is CCOC(=O)c1c(NC(=O)c2nn3c(C(F)(F)F)cc(C)nc3c2Cl)sc2c1CCCC2. The number of rotatable bonds is 4. The minimum absolute atomic E-state index is 0.0779. The van der Waals surface area contributed by atoms with Crippen molar-refractivity contribution in [2.75, 3.05) is 11.9 Å². The topological polar surface area (TPSA) is 85.6 Å². The second-order valence-corrected chi connectivity index (χ2v) is 8.75. The molecule has 0 bridgehead atoms. The number of hydrogen-bond donors (Lipinski definition) is 1. The summed E-state index contributed by atoms with van der Waals surface area (Å²) in [6, 6.07) is 0.824. The monoisotopic (exact) mass is 486 g/mol. The average Bonchev–Trinajstić information content (AvgIpc) is 3.24. The van der Waals surface area contributed by atoms with Crippen LogP contribution in [0.2, 0.25) is 5.02 Å². The van der Waals surface area contributed by atoms with Gasteiger partial charge in [-0.3, -0.25) is 4.79 Å². The number of alkyl halides is 3. The van der Waals surface area contributed by atoms with Crippen LogP contribution in [0.3, 0.4) is 0 Å². The van der Waals surface area contributed by atoms with Gasteiger partial charge in [0.05, 0.1) is 12.2 Å². The second kappa shape index (κ2) is 8.36. The molecule has 0 fully saturated rings. The maximum Gasteiger partial charge on any atom is 0.433 e. The van der Waals surface area contributed by atoms with E-state index in [2.05, 4.69) is 15.4 Å². The maximum absolute atomic E-state index is 13.5. The molecule has 4 rings (SSSR count). The first-order valence-electron chi connectivity index (χ1n) is 9.87. The first kappa shape index (κ1) is 22.5. The first-order valence-corrected chi connectivity index (χ1v) is 11.1. The summed E-state index contributed by atoms with van der Waals surface area (Å²) in [5.41, 5.74) is -0.594. The number of anilines is 1. The van der Waals surface area contributed by atoms with Gasteiger partial charge in [-0.1, -0.05) is 11.6 Å². The number of nitrogens with zero attached hydrogens (tertiary/aromatic N) is 3. The highest BCUT2D eigenvalue weighted by Gasteiger charge is 2.36. The minimum Gasteiger partial charge on any atom is -0.462 e. The molecule has 12 heteroatoms. The molecule has 0 aliphatic heterocycles. The molecule has 170 valence electrons. The highest BCUT2D eigenvalue weighted by Crippen LogP contribution is 2.39. The number of aromatic nitrogens is 3. The lowest BCUT2D eigenvalue weighted by Crippen LogP contribution is -2.17. The molecule has 1 amide bonds. The van der Waals surface area contributed by atoms with E-state index in [4.69, 9.17) is 16.3 Å². The van der Waals surface area contributed by atoms with Crippen LogP contribution in [0.15, 0.2) is 6.07 Å². The zero-order chi connectivity index (χ0) is 23.2. The van der Waals surface area contributed by atoms with E-state index in [9.17, 15) is 22.8 Å². The van der Waals surface area contributed by atoms with Crippen molar-refractivity contribution in [3.63, 3.8) is 0 Å². The Hall–Kier alpha value is -2.66. The summed E-state index contributed by atoms with van der Waals surface area (Å²) < 4.78 is 46.0. The van der Waals surface area contributed by atoms with Crippen molar-refractivity contribution in [2.24, 2.45) is 0 Å². The van der Waals surface area contributed by atoms with Crippen LogP contribution in [0, 0.1) is 6.92 Å². The number of carbonyl (C=O) groups excluding carboxylic acids is 2. The summed E-state index contributed by atoms with van der Waals surface area (Å²) in [6.07, 6.45) is -1.39. The molecule has 0 saturated carbocycles. The summed E-state index contributed by atoms with van der Waals surface area (Å²) in [4.78, 5) is 30.5. The van der Waals surface area contributed by atoms with Crippen LogP contribution < -0.4 is 5.32 Å². The Morgan fingerprint density at radius 3 is 2.72 bits per heavy atom. The van der Waals surface area contributed by atoms with Crippen molar-refractivity contribution in [2.45, 2.75) is 45.7 Å². The first-order chi connectivity index (χ1) is 15.1. The fourth-order valence-electron chi connectivity index (χ4n) is 3.70. The Morgan fingerprint density at radius 2 is 2.03 bits per heavy atom. The molecule has 1 N–H and O–H groups in total. The number of hydrogen-bond acceptors (Lipinski definition) is 6. The van der Waals surface area contributed by atoms with E-state index in [1.807, 2.05) is 0 Å². The predicted molar refractivity (Wildman–Crippen MR) is 113 cm³/mol. The van der Waals surface area contributed by atoms with Crippen LogP contribution in [0.5, 0.6) is 0 Å². The summed E-state index contributed by atoms with van der Waals surface area (Å²) in [6.45, 7) is 3.24. The molecule has 1 aliphatic rings. The third-order valence-electron chi connectivity index (χ3n) is 5.04. The molecule has 32 heavy (non-hydrogen) atoms. The van der Waals surface area contributed by atoms with Gasteiger partial charge in [-0.25, -0.2) is 14.3 Å². The molecule has 0 atom stereocenters. The third-order valence-corrected chi connectivity index (χ3v) is 6.60. The number of carbonyl (C=O) groups is 2. The van der Waals surface area contributed by atoms with E-state index in [0.29, 0.717) is 10.9 Å². The van der Waals surface area contributed by atoms with E-state index in [1.54, 1.807) is 6.92 Å². The van der Waals surface area contributed by atoms with Gasteiger partial charge in [0.1, 0.15) is 15.7 Å². The van der Waals surface area contributed by atoms with Crippen molar-refractivity contribution in [3.05, 3.63) is 44.2 Å². The third kappa shape index (κ3) is 3.95. The molecule has 0 spiro atoms.